The van der Waals surface area contributed by atoms with Gasteiger partial charge in [-0.3, -0.25) is 4.40 Å². The molecule has 3 N–H and O–H groups in total. The first-order chi connectivity index (χ1) is 19.1. The SMILES string of the molecule is CCCC1(CO)CCC(c2nc(-c3ccc(C(F)(CC(F)(F)F)c4ccccc4)cc3)c3c(N)nccn23)CO1. The van der Waals surface area contributed by atoms with Crippen LogP contribution in [0.3, 0.4) is 0 Å². The van der Waals surface area contributed by atoms with Crippen molar-refractivity contribution in [2.45, 2.75) is 62.4 Å². The molecule has 3 unspecified atom stereocenters. The number of hydrogen-bond donors (Lipinski definition) is 2. The van der Waals surface area contributed by atoms with Crippen LogP contribution in [0.4, 0.5) is 23.4 Å². The minimum atomic E-state index is -4.72. The number of aromatic nitrogens is 3. The van der Waals surface area contributed by atoms with Crippen LogP contribution in [-0.4, -0.2) is 44.5 Å². The summed E-state index contributed by atoms with van der Waals surface area (Å²) in [5.41, 5.74) is 4.42. The second-order valence-electron chi connectivity index (χ2n) is 10.5. The highest BCUT2D eigenvalue weighted by atomic mass is 19.4. The summed E-state index contributed by atoms with van der Waals surface area (Å²) in [6.07, 6.45) is 0.0639. The normalized spacial score (nSPS) is 21.4. The molecule has 40 heavy (non-hydrogen) atoms. The van der Waals surface area contributed by atoms with E-state index in [0.29, 0.717) is 35.6 Å². The molecule has 1 fully saturated rings. The Balaban J connectivity index is 1.52. The first-order valence-electron chi connectivity index (χ1n) is 13.4. The van der Waals surface area contributed by atoms with Gasteiger partial charge in [-0.15, -0.1) is 0 Å². The number of aliphatic hydroxyl groups is 1. The van der Waals surface area contributed by atoms with Crippen molar-refractivity contribution in [1.82, 2.24) is 14.4 Å². The van der Waals surface area contributed by atoms with Crippen LogP contribution in [0, 0.1) is 0 Å². The zero-order valence-electron chi connectivity index (χ0n) is 22.2. The zero-order valence-corrected chi connectivity index (χ0v) is 22.2. The zero-order chi connectivity index (χ0) is 28.5. The van der Waals surface area contributed by atoms with Crippen molar-refractivity contribution in [3.8, 4) is 11.3 Å². The van der Waals surface area contributed by atoms with Gasteiger partial charge in [0.2, 0.25) is 0 Å². The molecule has 5 rings (SSSR count). The van der Waals surface area contributed by atoms with E-state index < -0.39 is 23.9 Å². The first kappa shape index (κ1) is 28.0. The smallest absolute Gasteiger partial charge is 0.392 e. The van der Waals surface area contributed by atoms with Crippen LogP contribution in [0.25, 0.3) is 16.8 Å². The number of ether oxygens (including phenoxy) is 1. The number of benzene rings is 2. The number of nitrogens with zero attached hydrogens (tertiary/aromatic N) is 3. The average Bonchev–Trinajstić information content (AvgIpc) is 3.34. The van der Waals surface area contributed by atoms with Gasteiger partial charge in [-0.05, 0) is 30.4 Å². The molecular weight excluding hydrogens is 524 g/mol. The lowest BCUT2D eigenvalue weighted by atomic mass is 9.84. The minimum Gasteiger partial charge on any atom is -0.393 e. The maximum atomic E-state index is 16.2. The Kier molecular flexibility index (Phi) is 7.58. The molecule has 2 aromatic carbocycles. The van der Waals surface area contributed by atoms with E-state index in [-0.39, 0.29) is 29.5 Å². The molecule has 1 aliphatic rings. The maximum absolute atomic E-state index is 16.2. The van der Waals surface area contributed by atoms with Crippen LogP contribution in [0.2, 0.25) is 0 Å². The van der Waals surface area contributed by atoms with Crippen molar-refractivity contribution < 1.29 is 27.4 Å². The standard InChI is InChI=1S/C30H32F4N4O2/c1-2-13-28(19-39)14-12-21(17-40-28)27-37-24(25-26(35)36-15-16-38(25)27)20-8-10-23(11-9-20)29(31,18-30(32,33)34)22-6-4-3-5-7-22/h3-11,15-16,21,39H,2,12-14,17-19H2,1H3,(H2,35,36). The van der Waals surface area contributed by atoms with Crippen LogP contribution in [0.5, 0.6) is 0 Å². The van der Waals surface area contributed by atoms with Crippen molar-refractivity contribution in [1.29, 1.82) is 0 Å². The van der Waals surface area contributed by atoms with Crippen LogP contribution < -0.4 is 5.73 Å². The molecule has 0 amide bonds. The summed E-state index contributed by atoms with van der Waals surface area (Å²) >= 11 is 0. The molecule has 0 radical (unpaired) electrons. The Bertz CT molecular complexity index is 1450. The van der Waals surface area contributed by atoms with Crippen molar-refractivity contribution in [3.05, 3.63) is 83.9 Å². The number of aliphatic hydroxyl groups excluding tert-OH is 1. The molecule has 0 bridgehead atoms. The first-order valence-corrected chi connectivity index (χ1v) is 13.4. The van der Waals surface area contributed by atoms with E-state index in [1.807, 2.05) is 4.40 Å². The van der Waals surface area contributed by atoms with E-state index in [0.717, 1.165) is 19.3 Å². The van der Waals surface area contributed by atoms with Gasteiger partial charge in [0.05, 0.1) is 25.2 Å². The number of hydrogen-bond acceptors (Lipinski definition) is 5. The predicted molar refractivity (Wildman–Crippen MR) is 144 cm³/mol. The lowest BCUT2D eigenvalue weighted by Crippen LogP contribution is -2.42. The predicted octanol–water partition coefficient (Wildman–Crippen LogP) is 6.57. The Labute approximate surface area is 229 Å². The summed E-state index contributed by atoms with van der Waals surface area (Å²) in [5, 5.41) is 9.95. The molecule has 1 saturated heterocycles. The fourth-order valence-corrected chi connectivity index (χ4v) is 5.75. The number of alkyl halides is 4. The van der Waals surface area contributed by atoms with Gasteiger partial charge in [-0.1, -0.05) is 67.9 Å². The molecule has 10 heteroatoms. The molecule has 6 nitrogen and oxygen atoms in total. The van der Waals surface area contributed by atoms with E-state index in [9.17, 15) is 18.3 Å². The van der Waals surface area contributed by atoms with Gasteiger partial charge in [0.1, 0.15) is 22.9 Å². The summed E-state index contributed by atoms with van der Waals surface area (Å²) in [5.74, 6) is 0.892. The van der Waals surface area contributed by atoms with Gasteiger partial charge < -0.3 is 15.6 Å². The average molecular weight is 557 g/mol. The molecule has 212 valence electrons. The summed E-state index contributed by atoms with van der Waals surface area (Å²) in [7, 11) is 0. The molecule has 0 saturated carbocycles. The number of nitrogens with two attached hydrogens (primary N) is 1. The van der Waals surface area contributed by atoms with E-state index in [1.165, 1.54) is 36.4 Å². The molecule has 2 aromatic heterocycles. The van der Waals surface area contributed by atoms with Gasteiger partial charge >= 0.3 is 6.18 Å². The third-order valence-electron chi connectivity index (χ3n) is 7.80. The van der Waals surface area contributed by atoms with Crippen LogP contribution in [0.15, 0.2) is 67.0 Å². The van der Waals surface area contributed by atoms with E-state index in [4.69, 9.17) is 15.5 Å². The number of rotatable bonds is 8. The maximum Gasteiger partial charge on any atom is 0.392 e. The molecule has 3 atom stereocenters. The van der Waals surface area contributed by atoms with Gasteiger partial charge in [0.15, 0.2) is 5.67 Å². The van der Waals surface area contributed by atoms with Crippen molar-refractivity contribution >= 4 is 11.3 Å². The number of anilines is 1. The second-order valence-corrected chi connectivity index (χ2v) is 10.5. The Morgan fingerprint density at radius 1 is 1.07 bits per heavy atom. The Morgan fingerprint density at radius 3 is 2.38 bits per heavy atom. The second kappa shape index (κ2) is 10.8. The summed E-state index contributed by atoms with van der Waals surface area (Å²) < 4.78 is 64.7. The monoisotopic (exact) mass is 556 g/mol. The summed E-state index contributed by atoms with van der Waals surface area (Å²) in [4.78, 5) is 9.12. The molecule has 1 aliphatic heterocycles. The number of imidazole rings is 1. The van der Waals surface area contributed by atoms with Crippen LogP contribution in [0.1, 0.15) is 61.9 Å². The number of nitrogen functional groups attached to an aromatic ring is 1. The highest BCUT2D eigenvalue weighted by Crippen LogP contribution is 2.44. The fourth-order valence-electron chi connectivity index (χ4n) is 5.75. The minimum absolute atomic E-state index is 0.0439. The van der Waals surface area contributed by atoms with Crippen molar-refractivity contribution in [2.24, 2.45) is 0 Å². The topological polar surface area (TPSA) is 85.7 Å². The fraction of sp³-hybridized carbons (Fsp3) is 0.400. The number of halogens is 4. The summed E-state index contributed by atoms with van der Waals surface area (Å²) in [6.45, 7) is 2.38. The van der Waals surface area contributed by atoms with Gasteiger partial charge in [-0.2, -0.15) is 13.2 Å². The molecule has 4 aromatic rings. The third kappa shape index (κ3) is 5.30. The molecule has 3 heterocycles. The van der Waals surface area contributed by atoms with E-state index in [1.54, 1.807) is 30.6 Å². The van der Waals surface area contributed by atoms with Crippen LogP contribution in [-0.2, 0) is 10.4 Å². The van der Waals surface area contributed by atoms with Crippen molar-refractivity contribution in [3.63, 3.8) is 0 Å². The summed E-state index contributed by atoms with van der Waals surface area (Å²) in [6, 6.07) is 13.3. The van der Waals surface area contributed by atoms with Gasteiger partial charge in [0.25, 0.3) is 0 Å². The van der Waals surface area contributed by atoms with Gasteiger partial charge in [-0.25, -0.2) is 14.4 Å². The van der Waals surface area contributed by atoms with E-state index >= 15 is 4.39 Å². The largest absolute Gasteiger partial charge is 0.393 e. The molecule has 0 spiro atoms. The van der Waals surface area contributed by atoms with E-state index in [2.05, 4.69) is 11.9 Å². The highest BCUT2D eigenvalue weighted by Gasteiger charge is 2.45. The van der Waals surface area contributed by atoms with Crippen molar-refractivity contribution in [2.75, 3.05) is 18.9 Å². The number of fused-ring (bicyclic) bond motifs is 1. The molecule has 0 aliphatic carbocycles. The van der Waals surface area contributed by atoms with Crippen LogP contribution >= 0.6 is 0 Å². The molecular formula is C30H32F4N4O2. The quantitative estimate of drug-likeness (QED) is 0.240. The Morgan fingerprint density at radius 2 is 1.77 bits per heavy atom. The van der Waals surface area contributed by atoms with Gasteiger partial charge in [0, 0.05) is 23.9 Å². The lowest BCUT2D eigenvalue weighted by molar-refractivity contribution is -0.157. The highest BCUT2D eigenvalue weighted by molar-refractivity contribution is 5.85. The lowest BCUT2D eigenvalue weighted by Gasteiger charge is -2.38. The Hall–Kier alpha value is -3.50. The third-order valence-corrected chi connectivity index (χ3v) is 7.80.